The van der Waals surface area contributed by atoms with Gasteiger partial charge in [-0.25, -0.2) is 0 Å². The maximum absolute atomic E-state index is 14.8. The molecule has 0 aliphatic carbocycles. The first-order valence-corrected chi connectivity index (χ1v) is 29.5. The molecule has 12 nitrogen and oxygen atoms in total. The Labute approximate surface area is 458 Å². The van der Waals surface area contributed by atoms with Crippen molar-refractivity contribution in [1.82, 2.24) is 0 Å². The molecule has 15 heteroatoms. The lowest BCUT2D eigenvalue weighted by molar-refractivity contribution is 0.257. The summed E-state index contributed by atoms with van der Waals surface area (Å²) in [6, 6.07) is 50.4. The summed E-state index contributed by atoms with van der Waals surface area (Å²) >= 11 is 0. The third kappa shape index (κ3) is 13.8. The van der Waals surface area contributed by atoms with Crippen LogP contribution in [0.25, 0.3) is 22.3 Å². The van der Waals surface area contributed by atoms with Crippen molar-refractivity contribution in [2.75, 3.05) is 0 Å². The van der Waals surface area contributed by atoms with Crippen LogP contribution in [0, 0.1) is 55.4 Å². The Balaban J connectivity index is 0.989. The van der Waals surface area contributed by atoms with Crippen LogP contribution in [0.15, 0.2) is 193 Å². The predicted octanol–water partition coefficient (Wildman–Crippen LogP) is 19.2. The number of allylic oxidation sites excluding steroid dienone is 2. The molecule has 402 valence electrons. The molecule has 2 atom stereocenters. The van der Waals surface area contributed by atoms with Crippen LogP contribution in [0.1, 0.15) is 65.3 Å². The summed E-state index contributed by atoms with van der Waals surface area (Å²) in [5, 5.41) is 0. The molecule has 0 N–H and O–H groups in total. The van der Waals surface area contributed by atoms with Crippen LogP contribution in [0.5, 0.6) is 46.0 Å². The average Bonchev–Trinajstić information content (AvgIpc) is 3.41. The molecule has 78 heavy (non-hydrogen) atoms. The van der Waals surface area contributed by atoms with Crippen LogP contribution in [-0.2, 0) is 18.2 Å². The van der Waals surface area contributed by atoms with Gasteiger partial charge in [0, 0.05) is 0 Å². The number of hydrogen-bond acceptors (Lipinski definition) is 12. The number of rotatable bonds is 21. The van der Waals surface area contributed by atoms with Crippen LogP contribution < -0.4 is 36.2 Å². The molecule has 0 bridgehead atoms. The van der Waals surface area contributed by atoms with E-state index in [0.29, 0.717) is 34.3 Å². The number of benzene rings is 8. The Bertz CT molecular complexity index is 3520. The fourth-order valence-electron chi connectivity index (χ4n) is 8.44. The second-order valence-electron chi connectivity index (χ2n) is 19.3. The summed E-state index contributed by atoms with van der Waals surface area (Å²) in [6.45, 7) is 24.3. The van der Waals surface area contributed by atoms with Crippen molar-refractivity contribution >= 4 is 23.5 Å². The van der Waals surface area contributed by atoms with Crippen molar-refractivity contribution < 1.29 is 54.4 Å². The normalized spacial score (nSPS) is 12.7. The van der Waals surface area contributed by atoms with Crippen LogP contribution in [-0.4, -0.2) is 0 Å². The van der Waals surface area contributed by atoms with Crippen molar-refractivity contribution in [2.24, 2.45) is 0 Å². The highest BCUT2D eigenvalue weighted by Crippen LogP contribution is 2.56. The van der Waals surface area contributed by atoms with Gasteiger partial charge < -0.3 is 40.7 Å². The van der Waals surface area contributed by atoms with Crippen molar-refractivity contribution in [3.8, 4) is 68.2 Å². The Morgan fingerprint density at radius 3 is 0.731 bits per heavy atom. The van der Waals surface area contributed by atoms with Gasteiger partial charge in [0.1, 0.15) is 51.8 Å². The van der Waals surface area contributed by atoms with Gasteiger partial charge in [-0.1, -0.05) is 128 Å². The highest BCUT2D eigenvalue weighted by atomic mass is 31.2. The second kappa shape index (κ2) is 23.8. The smallest absolute Gasteiger partial charge is 0.386 e. The molecular formula is C63H63O12P3. The SMILES string of the molecule is C=C(C)C(OP(=O)(Oc1ccc(-c2ccc(OP(=O)(Oc3ccc(-c4ccc(OP(=O)(Oc5c(C)cccc5C)Oc5c(C)cccc5C)cc4)cc3)Oc3c(C)cccc3C)cc2)cc1)Oc1c(C)cccc1C)=C(C)C. The highest BCUT2D eigenvalue weighted by Gasteiger charge is 2.38. The van der Waals surface area contributed by atoms with E-state index in [1.165, 1.54) is 0 Å². The standard InChI is InChI=1S/C63H63O12P3/c1-41(2)59(42(3)4)71-77(65,73-61-45(7)19-14-20-46(61)8)69-57-37-29-53(30-38-57)51-25-33-55(34-26-51)67-76(64,72-60-43(5)17-13-18-44(60)6)68-56-35-27-52(28-36-56)54-31-39-58(40-32-54)70-78(66,74-62-47(9)21-15-22-48(62)10)75-63-49(11)23-16-24-50(63)12/h13-40H,1H2,2-12H3. The van der Waals surface area contributed by atoms with Gasteiger partial charge in [0.05, 0.1) is 0 Å². The second-order valence-corrected chi connectivity index (χ2v) is 23.6. The summed E-state index contributed by atoms with van der Waals surface area (Å²) in [5.74, 6) is 2.91. The van der Waals surface area contributed by atoms with Crippen molar-refractivity contribution in [2.45, 2.75) is 76.2 Å². The third-order valence-corrected chi connectivity index (χ3v) is 16.2. The van der Waals surface area contributed by atoms with E-state index in [4.69, 9.17) is 40.7 Å². The van der Waals surface area contributed by atoms with Gasteiger partial charge in [0.25, 0.3) is 0 Å². The van der Waals surface area contributed by atoms with Gasteiger partial charge in [0.15, 0.2) is 0 Å². The number of phosphoric ester groups is 3. The largest absolute Gasteiger partial charge is 0.647 e. The Hall–Kier alpha value is -7.87. The average molecular weight is 1110 g/mol. The molecule has 0 saturated heterocycles. The van der Waals surface area contributed by atoms with Gasteiger partial charge >= 0.3 is 23.5 Å². The zero-order valence-electron chi connectivity index (χ0n) is 45.6. The number of para-hydroxylation sites is 4. The van der Waals surface area contributed by atoms with Gasteiger partial charge in [-0.15, -0.1) is 0 Å². The van der Waals surface area contributed by atoms with Gasteiger partial charge in [0.2, 0.25) is 0 Å². The van der Waals surface area contributed by atoms with E-state index in [1.54, 1.807) is 67.6 Å². The van der Waals surface area contributed by atoms with Crippen LogP contribution in [0.4, 0.5) is 0 Å². The van der Waals surface area contributed by atoms with Gasteiger partial charge in [-0.05, 0) is 203 Å². The van der Waals surface area contributed by atoms with E-state index in [2.05, 4.69) is 6.58 Å². The molecule has 0 spiro atoms. The first-order valence-electron chi connectivity index (χ1n) is 25.1. The Morgan fingerprint density at radius 1 is 0.308 bits per heavy atom. The Morgan fingerprint density at radius 2 is 0.513 bits per heavy atom. The number of phosphoric acid groups is 3. The first kappa shape index (κ1) is 56.3. The van der Waals surface area contributed by atoms with E-state index in [1.807, 2.05) is 178 Å². The molecule has 0 radical (unpaired) electrons. The molecule has 0 aliphatic heterocycles. The topological polar surface area (TPSA) is 134 Å². The van der Waals surface area contributed by atoms with Crippen LogP contribution in [0.3, 0.4) is 0 Å². The Kier molecular flexibility index (Phi) is 17.2. The van der Waals surface area contributed by atoms with Gasteiger partial charge in [-0.2, -0.15) is 13.7 Å². The van der Waals surface area contributed by atoms with Crippen LogP contribution >= 0.6 is 23.5 Å². The fourth-order valence-corrected chi connectivity index (χ4v) is 12.9. The number of hydrogen-bond donors (Lipinski definition) is 0. The molecule has 0 amide bonds. The zero-order valence-corrected chi connectivity index (χ0v) is 48.3. The maximum Gasteiger partial charge on any atom is 0.647 e. The molecule has 0 aliphatic rings. The monoisotopic (exact) mass is 1100 g/mol. The van der Waals surface area contributed by atoms with E-state index in [9.17, 15) is 13.7 Å². The maximum atomic E-state index is 14.8. The summed E-state index contributed by atoms with van der Waals surface area (Å²) in [5.41, 5.74) is 10.7. The molecule has 8 rings (SSSR count). The van der Waals surface area contributed by atoms with E-state index >= 15 is 0 Å². The minimum Gasteiger partial charge on any atom is -0.386 e. The molecular weight excluding hydrogens is 1040 g/mol. The molecule has 8 aromatic rings. The molecule has 0 aromatic heterocycles. The van der Waals surface area contributed by atoms with Crippen molar-refractivity contribution in [3.63, 3.8) is 0 Å². The lowest BCUT2D eigenvalue weighted by Gasteiger charge is -2.23. The van der Waals surface area contributed by atoms with E-state index in [-0.39, 0.29) is 23.0 Å². The van der Waals surface area contributed by atoms with Gasteiger partial charge in [-0.3, -0.25) is 0 Å². The summed E-state index contributed by atoms with van der Waals surface area (Å²) in [7, 11) is -13.0. The lowest BCUT2D eigenvalue weighted by atomic mass is 10.1. The molecule has 8 aromatic carbocycles. The van der Waals surface area contributed by atoms with E-state index in [0.717, 1.165) is 72.3 Å². The minimum absolute atomic E-state index is 0.227. The summed E-state index contributed by atoms with van der Waals surface area (Å²) in [6.07, 6.45) is 0. The predicted molar refractivity (Wildman–Crippen MR) is 310 cm³/mol. The molecule has 0 heterocycles. The summed E-state index contributed by atoms with van der Waals surface area (Å²) in [4.78, 5) is 0. The minimum atomic E-state index is -4.43. The van der Waals surface area contributed by atoms with Crippen molar-refractivity contribution in [3.05, 3.63) is 238 Å². The summed E-state index contributed by atoms with van der Waals surface area (Å²) < 4.78 is 99.0. The quantitative estimate of drug-likeness (QED) is 0.0385. The first-order chi connectivity index (χ1) is 37.1. The molecule has 0 fully saturated rings. The fraction of sp³-hybridized carbons (Fsp3) is 0.175. The van der Waals surface area contributed by atoms with Crippen molar-refractivity contribution in [1.29, 1.82) is 0 Å². The van der Waals surface area contributed by atoms with Crippen LogP contribution in [0.2, 0.25) is 0 Å². The zero-order chi connectivity index (χ0) is 55.9. The number of aryl methyl sites for hydroxylation is 8. The van der Waals surface area contributed by atoms with E-state index < -0.39 is 23.5 Å². The lowest BCUT2D eigenvalue weighted by Crippen LogP contribution is -2.10. The molecule has 2 unspecified atom stereocenters. The highest BCUT2D eigenvalue weighted by molar-refractivity contribution is 7.50. The third-order valence-electron chi connectivity index (χ3n) is 12.4. The molecule has 0 saturated carbocycles.